The molecular weight excluding hydrogens is 415 g/mol. The predicted molar refractivity (Wildman–Crippen MR) is 117 cm³/mol. The Bertz CT molecular complexity index is 1070. The molecule has 168 valence electrons. The van der Waals surface area contributed by atoms with Gasteiger partial charge >= 0.3 is 12.0 Å². The summed E-state index contributed by atoms with van der Waals surface area (Å²) in [6.07, 6.45) is 3.37. The quantitative estimate of drug-likeness (QED) is 0.543. The number of rotatable bonds is 8. The van der Waals surface area contributed by atoms with E-state index in [2.05, 4.69) is 10.3 Å². The van der Waals surface area contributed by atoms with Crippen LogP contribution in [-0.4, -0.2) is 42.3 Å². The van der Waals surface area contributed by atoms with E-state index in [9.17, 15) is 14.0 Å². The van der Waals surface area contributed by atoms with Gasteiger partial charge in [-0.2, -0.15) is 0 Å². The number of amides is 2. The van der Waals surface area contributed by atoms with Crippen molar-refractivity contribution in [3.8, 4) is 5.75 Å². The van der Waals surface area contributed by atoms with Gasteiger partial charge in [-0.3, -0.25) is 9.69 Å². The van der Waals surface area contributed by atoms with Crippen molar-refractivity contribution in [2.75, 3.05) is 25.7 Å². The molecule has 1 heterocycles. The molecule has 9 heteroatoms. The highest BCUT2D eigenvalue weighted by Gasteiger charge is 2.25. The van der Waals surface area contributed by atoms with Gasteiger partial charge in [-0.1, -0.05) is 18.2 Å². The third kappa shape index (κ3) is 5.42. The maximum absolute atomic E-state index is 13.9. The molecule has 0 aliphatic carbocycles. The highest BCUT2D eigenvalue weighted by molar-refractivity contribution is 5.93. The van der Waals surface area contributed by atoms with Gasteiger partial charge in [0.1, 0.15) is 23.4 Å². The molecule has 3 aromatic rings. The fraction of sp³-hybridized carbons (Fsp3) is 0.261. The Morgan fingerprint density at radius 1 is 1.19 bits per heavy atom. The molecule has 1 atom stereocenters. The molecule has 0 saturated heterocycles. The lowest BCUT2D eigenvalue weighted by molar-refractivity contribution is -0.140. The van der Waals surface area contributed by atoms with Crippen molar-refractivity contribution >= 4 is 17.7 Å². The molecule has 0 aliphatic heterocycles. The van der Waals surface area contributed by atoms with E-state index in [1.807, 2.05) is 19.2 Å². The molecule has 8 nitrogen and oxygen atoms in total. The SMILES string of the molecule is COC(=O)CCN(C(=O)N[C@H](c1ccc(OC)cc1)c1nccn1C)c1cccc(F)c1. The van der Waals surface area contributed by atoms with Crippen molar-refractivity contribution in [2.45, 2.75) is 12.5 Å². The van der Waals surface area contributed by atoms with E-state index in [0.29, 0.717) is 17.3 Å². The number of hydrogen-bond acceptors (Lipinski definition) is 5. The number of carbonyl (C=O) groups is 2. The number of aryl methyl sites for hydroxylation is 1. The Labute approximate surface area is 185 Å². The van der Waals surface area contributed by atoms with Crippen molar-refractivity contribution in [3.05, 3.63) is 78.1 Å². The number of nitrogens with one attached hydrogen (secondary N) is 1. The van der Waals surface area contributed by atoms with Crippen molar-refractivity contribution < 1.29 is 23.5 Å². The maximum Gasteiger partial charge on any atom is 0.322 e. The molecule has 0 fully saturated rings. The molecule has 1 N–H and O–H groups in total. The summed E-state index contributed by atoms with van der Waals surface area (Å²) in [7, 11) is 4.67. The lowest BCUT2D eigenvalue weighted by Crippen LogP contribution is -2.43. The van der Waals surface area contributed by atoms with Gasteiger partial charge in [0.2, 0.25) is 0 Å². The van der Waals surface area contributed by atoms with Crippen LogP contribution in [0.4, 0.5) is 14.9 Å². The summed E-state index contributed by atoms with van der Waals surface area (Å²) in [6, 6.07) is 11.8. The summed E-state index contributed by atoms with van der Waals surface area (Å²) in [5, 5.41) is 2.96. The standard InChI is InChI=1S/C23H25FN4O4/c1-27-14-12-25-22(27)21(16-7-9-19(31-2)10-8-16)26-23(30)28(13-11-20(29)32-3)18-6-4-5-17(24)15-18/h4-10,12,14-15,21H,11,13H2,1-3H3,(H,26,30)/t21-/m1/s1. The van der Waals surface area contributed by atoms with Gasteiger partial charge in [0, 0.05) is 31.7 Å². The van der Waals surface area contributed by atoms with E-state index in [1.54, 1.807) is 42.3 Å². The lowest BCUT2D eigenvalue weighted by Gasteiger charge is -2.27. The van der Waals surface area contributed by atoms with Crippen molar-refractivity contribution in [1.82, 2.24) is 14.9 Å². The van der Waals surface area contributed by atoms with Crippen LogP contribution in [0, 0.1) is 5.82 Å². The molecule has 3 rings (SSSR count). The largest absolute Gasteiger partial charge is 0.497 e. The van der Waals surface area contributed by atoms with Gasteiger partial charge < -0.3 is 19.4 Å². The topological polar surface area (TPSA) is 85.7 Å². The van der Waals surface area contributed by atoms with Crippen LogP contribution >= 0.6 is 0 Å². The smallest absolute Gasteiger partial charge is 0.322 e. The summed E-state index contributed by atoms with van der Waals surface area (Å²) in [4.78, 5) is 30.7. The number of methoxy groups -OCH3 is 2. The summed E-state index contributed by atoms with van der Waals surface area (Å²) >= 11 is 0. The number of nitrogens with zero attached hydrogens (tertiary/aromatic N) is 3. The maximum atomic E-state index is 13.9. The van der Waals surface area contributed by atoms with E-state index in [1.165, 1.54) is 30.2 Å². The first kappa shape index (κ1) is 22.8. The molecule has 32 heavy (non-hydrogen) atoms. The Morgan fingerprint density at radius 2 is 1.94 bits per heavy atom. The first-order valence-corrected chi connectivity index (χ1v) is 9.94. The highest BCUT2D eigenvalue weighted by atomic mass is 19.1. The fourth-order valence-corrected chi connectivity index (χ4v) is 3.25. The molecule has 2 aromatic carbocycles. The van der Waals surface area contributed by atoms with Crippen LogP contribution in [0.5, 0.6) is 5.75 Å². The zero-order valence-electron chi connectivity index (χ0n) is 18.1. The van der Waals surface area contributed by atoms with Gasteiger partial charge in [0.05, 0.1) is 20.6 Å². The Balaban J connectivity index is 1.93. The van der Waals surface area contributed by atoms with E-state index in [-0.39, 0.29) is 13.0 Å². The predicted octanol–water partition coefficient (Wildman–Crippen LogP) is 3.44. The van der Waals surface area contributed by atoms with Crippen LogP contribution in [0.2, 0.25) is 0 Å². The number of esters is 1. The lowest BCUT2D eigenvalue weighted by atomic mass is 10.1. The highest BCUT2D eigenvalue weighted by Crippen LogP contribution is 2.24. The van der Waals surface area contributed by atoms with E-state index >= 15 is 0 Å². The minimum absolute atomic E-state index is 0.0118. The third-order valence-corrected chi connectivity index (χ3v) is 4.97. The summed E-state index contributed by atoms with van der Waals surface area (Å²) < 4.78 is 25.6. The number of imidazole rings is 1. The van der Waals surface area contributed by atoms with Crippen LogP contribution in [0.3, 0.4) is 0 Å². The van der Waals surface area contributed by atoms with Crippen molar-refractivity contribution in [2.24, 2.45) is 7.05 Å². The number of carbonyl (C=O) groups excluding carboxylic acids is 2. The van der Waals surface area contributed by atoms with Crippen molar-refractivity contribution in [1.29, 1.82) is 0 Å². The number of aromatic nitrogens is 2. The molecule has 0 aliphatic rings. The van der Waals surface area contributed by atoms with Crippen LogP contribution in [0.25, 0.3) is 0 Å². The number of halogens is 1. The second-order valence-corrected chi connectivity index (χ2v) is 7.01. The van der Waals surface area contributed by atoms with Gasteiger partial charge in [-0.15, -0.1) is 0 Å². The molecule has 0 radical (unpaired) electrons. The minimum atomic E-state index is -0.595. The van der Waals surface area contributed by atoms with Crippen LogP contribution in [0.1, 0.15) is 23.9 Å². The number of hydrogen-bond donors (Lipinski definition) is 1. The zero-order chi connectivity index (χ0) is 23.1. The van der Waals surface area contributed by atoms with Gasteiger partial charge in [0.15, 0.2) is 0 Å². The van der Waals surface area contributed by atoms with E-state index in [4.69, 9.17) is 9.47 Å². The fourth-order valence-electron chi connectivity index (χ4n) is 3.25. The van der Waals surface area contributed by atoms with E-state index < -0.39 is 23.9 Å². The van der Waals surface area contributed by atoms with Crippen LogP contribution in [0.15, 0.2) is 60.9 Å². The summed E-state index contributed by atoms with van der Waals surface area (Å²) in [5.74, 6) is 0.318. The van der Waals surface area contributed by atoms with Gasteiger partial charge in [0.25, 0.3) is 0 Å². The molecule has 0 spiro atoms. The monoisotopic (exact) mass is 440 g/mol. The van der Waals surface area contributed by atoms with Crippen LogP contribution in [-0.2, 0) is 16.6 Å². The summed E-state index contributed by atoms with van der Waals surface area (Å²) in [5.41, 5.74) is 1.10. The molecule has 0 bridgehead atoms. The molecule has 0 saturated carbocycles. The van der Waals surface area contributed by atoms with Gasteiger partial charge in [-0.05, 0) is 35.9 Å². The zero-order valence-corrected chi connectivity index (χ0v) is 18.1. The normalized spacial score (nSPS) is 11.5. The Morgan fingerprint density at radius 3 is 2.53 bits per heavy atom. The first-order chi connectivity index (χ1) is 15.4. The molecule has 0 unspecified atom stereocenters. The Hall–Kier alpha value is -3.88. The first-order valence-electron chi connectivity index (χ1n) is 9.94. The number of ether oxygens (including phenoxy) is 2. The average molecular weight is 440 g/mol. The molecule has 1 aromatic heterocycles. The molecule has 2 amide bonds. The van der Waals surface area contributed by atoms with Gasteiger partial charge in [-0.25, -0.2) is 14.2 Å². The second-order valence-electron chi connectivity index (χ2n) is 7.01. The number of benzene rings is 2. The summed E-state index contributed by atoms with van der Waals surface area (Å²) in [6.45, 7) is 0.0118. The third-order valence-electron chi connectivity index (χ3n) is 4.97. The van der Waals surface area contributed by atoms with E-state index in [0.717, 1.165) is 5.56 Å². The Kier molecular flexibility index (Phi) is 7.43. The number of urea groups is 1. The average Bonchev–Trinajstić information content (AvgIpc) is 3.23. The second kappa shape index (κ2) is 10.4. The minimum Gasteiger partial charge on any atom is -0.497 e. The van der Waals surface area contributed by atoms with Crippen LogP contribution < -0.4 is 15.0 Å². The number of anilines is 1. The molecular formula is C23H25FN4O4. The van der Waals surface area contributed by atoms with Crippen molar-refractivity contribution in [3.63, 3.8) is 0 Å².